The van der Waals surface area contributed by atoms with Gasteiger partial charge < -0.3 is 4.74 Å². The largest absolute Gasteiger partial charge is 0.369 e. The lowest BCUT2D eigenvalue weighted by atomic mass is 10.00. The molecule has 27 heavy (non-hydrogen) atoms. The summed E-state index contributed by atoms with van der Waals surface area (Å²) in [7, 11) is 1.70. The Kier molecular flexibility index (Phi) is 3.44. The van der Waals surface area contributed by atoms with E-state index in [2.05, 4.69) is 15.3 Å². The number of aryl methyl sites for hydroxylation is 1. The van der Waals surface area contributed by atoms with Gasteiger partial charge in [0.05, 0.1) is 22.1 Å². The zero-order chi connectivity index (χ0) is 18.8. The molecule has 5 rings (SSSR count). The summed E-state index contributed by atoms with van der Waals surface area (Å²) in [6, 6.07) is 5.37. The number of hydrogen-bond donors (Lipinski definition) is 0. The normalized spacial score (nSPS) is 20.1. The van der Waals surface area contributed by atoms with Crippen molar-refractivity contribution < 1.29 is 4.74 Å². The molecule has 138 valence electrons. The summed E-state index contributed by atoms with van der Waals surface area (Å²) in [4.78, 5) is 17.4. The summed E-state index contributed by atoms with van der Waals surface area (Å²) in [5.41, 5.74) is 1.46. The lowest BCUT2D eigenvalue weighted by Gasteiger charge is -2.19. The Bertz CT molecular complexity index is 1250. The molecule has 0 saturated carbocycles. The van der Waals surface area contributed by atoms with Crippen LogP contribution in [0.5, 0.6) is 0 Å². The fraction of sp³-hybridized carbons (Fsp3) is 0.333. The minimum absolute atomic E-state index is 0.184. The van der Waals surface area contributed by atoms with Gasteiger partial charge in [-0.2, -0.15) is 4.68 Å². The standard InChI is InChI=1S/C18H17ClN6O2/c1-18(7-4-8-27-18)13-9-25(22-21-13)15-16-23(2)17(26)14-11(19)5-3-6-12(14)24(16)10-20-15/h3,5-6,9-10H,4,7-8H2,1-2H3. The molecule has 0 bridgehead atoms. The Morgan fingerprint density at radius 3 is 2.96 bits per heavy atom. The molecule has 0 radical (unpaired) electrons. The molecule has 1 saturated heterocycles. The molecule has 0 amide bonds. The van der Waals surface area contributed by atoms with Crippen LogP contribution in [0, 0.1) is 0 Å². The van der Waals surface area contributed by atoms with Crippen LogP contribution in [0.1, 0.15) is 25.5 Å². The first kappa shape index (κ1) is 16.5. The number of ether oxygens (including phenoxy) is 1. The fourth-order valence-corrected chi connectivity index (χ4v) is 4.01. The van der Waals surface area contributed by atoms with E-state index in [0.717, 1.165) is 25.1 Å². The molecule has 1 unspecified atom stereocenters. The molecule has 0 aliphatic carbocycles. The van der Waals surface area contributed by atoms with Gasteiger partial charge in [-0.3, -0.25) is 13.8 Å². The maximum atomic E-state index is 12.9. The molecule has 8 nitrogen and oxygen atoms in total. The third-order valence-electron chi connectivity index (χ3n) is 5.28. The molecule has 1 aliphatic rings. The minimum atomic E-state index is -0.431. The number of nitrogens with zero attached hydrogens (tertiary/aromatic N) is 6. The second kappa shape index (κ2) is 5.64. The van der Waals surface area contributed by atoms with Crippen molar-refractivity contribution in [2.45, 2.75) is 25.4 Å². The predicted molar refractivity (Wildman–Crippen MR) is 100 cm³/mol. The second-order valence-corrected chi connectivity index (χ2v) is 7.40. The van der Waals surface area contributed by atoms with Gasteiger partial charge >= 0.3 is 0 Å². The number of fused-ring (bicyclic) bond motifs is 3. The van der Waals surface area contributed by atoms with E-state index in [1.54, 1.807) is 24.1 Å². The number of imidazole rings is 1. The monoisotopic (exact) mass is 384 g/mol. The van der Waals surface area contributed by atoms with Gasteiger partial charge in [0.25, 0.3) is 5.56 Å². The summed E-state index contributed by atoms with van der Waals surface area (Å²) in [6.45, 7) is 2.74. The van der Waals surface area contributed by atoms with Gasteiger partial charge in [0.2, 0.25) is 0 Å². The van der Waals surface area contributed by atoms with Crippen molar-refractivity contribution in [2.75, 3.05) is 6.61 Å². The van der Waals surface area contributed by atoms with Gasteiger partial charge in [0, 0.05) is 13.7 Å². The summed E-state index contributed by atoms with van der Waals surface area (Å²) < 4.78 is 10.8. The fourth-order valence-electron chi connectivity index (χ4n) is 3.76. The predicted octanol–water partition coefficient (Wildman–Crippen LogP) is 2.45. The molecule has 9 heteroatoms. The molecule has 1 aromatic carbocycles. The Labute approximate surface area is 158 Å². The molecule has 0 N–H and O–H groups in total. The number of aromatic nitrogens is 6. The van der Waals surface area contributed by atoms with Crippen molar-refractivity contribution >= 4 is 28.2 Å². The Hall–Kier alpha value is -2.71. The van der Waals surface area contributed by atoms with E-state index in [-0.39, 0.29) is 5.56 Å². The lowest BCUT2D eigenvalue weighted by molar-refractivity contribution is 0.0131. The summed E-state index contributed by atoms with van der Waals surface area (Å²) in [6.07, 6.45) is 5.38. The molecule has 0 spiro atoms. The SMILES string of the molecule is Cn1c(=O)c2c(Cl)cccc2n2cnc(-n3cc(C4(C)CCCO4)nn3)c12. The van der Waals surface area contributed by atoms with Crippen LogP contribution in [0.3, 0.4) is 0 Å². The summed E-state index contributed by atoms with van der Waals surface area (Å²) in [5, 5.41) is 9.41. The van der Waals surface area contributed by atoms with E-state index in [1.807, 2.05) is 29.7 Å². The van der Waals surface area contributed by atoms with E-state index in [4.69, 9.17) is 16.3 Å². The van der Waals surface area contributed by atoms with Crippen LogP contribution in [-0.2, 0) is 17.4 Å². The minimum Gasteiger partial charge on any atom is -0.369 e. The van der Waals surface area contributed by atoms with Crippen molar-refractivity contribution in [2.24, 2.45) is 7.05 Å². The molecule has 1 aliphatic heterocycles. The van der Waals surface area contributed by atoms with Crippen LogP contribution in [0.15, 0.2) is 35.5 Å². The zero-order valence-electron chi connectivity index (χ0n) is 14.9. The third kappa shape index (κ3) is 2.26. The van der Waals surface area contributed by atoms with Crippen LogP contribution in [0.4, 0.5) is 0 Å². The molecular weight excluding hydrogens is 368 g/mol. The van der Waals surface area contributed by atoms with Crippen LogP contribution >= 0.6 is 11.6 Å². The molecular formula is C18H17ClN6O2. The Balaban J connectivity index is 1.75. The average molecular weight is 385 g/mol. The van der Waals surface area contributed by atoms with Crippen molar-refractivity contribution in [3.63, 3.8) is 0 Å². The van der Waals surface area contributed by atoms with Crippen molar-refractivity contribution in [1.82, 2.24) is 28.9 Å². The lowest BCUT2D eigenvalue weighted by Crippen LogP contribution is -2.21. The topological polar surface area (TPSA) is 79.2 Å². The smallest absolute Gasteiger partial charge is 0.262 e. The van der Waals surface area contributed by atoms with Crippen LogP contribution in [0.2, 0.25) is 5.02 Å². The van der Waals surface area contributed by atoms with Crippen molar-refractivity contribution in [3.8, 4) is 5.82 Å². The van der Waals surface area contributed by atoms with E-state index in [0.29, 0.717) is 27.4 Å². The first-order valence-corrected chi connectivity index (χ1v) is 9.09. The van der Waals surface area contributed by atoms with Gasteiger partial charge in [-0.05, 0) is 31.9 Å². The number of benzene rings is 1. The molecule has 4 aromatic rings. The van der Waals surface area contributed by atoms with E-state index in [1.165, 1.54) is 4.57 Å². The number of hydrogen-bond acceptors (Lipinski definition) is 5. The highest BCUT2D eigenvalue weighted by Gasteiger charge is 2.35. The van der Waals surface area contributed by atoms with Gasteiger partial charge in [-0.25, -0.2) is 4.98 Å². The molecule has 1 fully saturated rings. The maximum absolute atomic E-state index is 12.9. The Morgan fingerprint density at radius 2 is 2.19 bits per heavy atom. The van der Waals surface area contributed by atoms with E-state index in [9.17, 15) is 4.79 Å². The van der Waals surface area contributed by atoms with Gasteiger partial charge in [0.1, 0.15) is 17.6 Å². The summed E-state index contributed by atoms with van der Waals surface area (Å²) >= 11 is 6.26. The van der Waals surface area contributed by atoms with Crippen LogP contribution < -0.4 is 5.56 Å². The molecule has 3 aromatic heterocycles. The summed E-state index contributed by atoms with van der Waals surface area (Å²) in [5.74, 6) is 0.525. The highest BCUT2D eigenvalue weighted by atomic mass is 35.5. The second-order valence-electron chi connectivity index (χ2n) is 6.99. The van der Waals surface area contributed by atoms with Crippen LogP contribution in [0.25, 0.3) is 22.4 Å². The van der Waals surface area contributed by atoms with Gasteiger partial charge in [-0.1, -0.05) is 22.9 Å². The quantitative estimate of drug-likeness (QED) is 0.530. The first-order valence-electron chi connectivity index (χ1n) is 8.71. The van der Waals surface area contributed by atoms with Crippen molar-refractivity contribution in [3.05, 3.63) is 51.8 Å². The highest BCUT2D eigenvalue weighted by Crippen LogP contribution is 2.34. The zero-order valence-corrected chi connectivity index (χ0v) is 15.6. The Morgan fingerprint density at radius 1 is 1.33 bits per heavy atom. The molecule has 4 heterocycles. The van der Waals surface area contributed by atoms with Gasteiger partial charge in [-0.15, -0.1) is 5.10 Å². The first-order chi connectivity index (χ1) is 13.0. The van der Waals surface area contributed by atoms with Gasteiger partial charge in [0.15, 0.2) is 11.5 Å². The third-order valence-corrected chi connectivity index (χ3v) is 5.60. The maximum Gasteiger partial charge on any atom is 0.262 e. The van der Waals surface area contributed by atoms with E-state index < -0.39 is 5.60 Å². The van der Waals surface area contributed by atoms with Crippen LogP contribution in [-0.4, -0.2) is 35.6 Å². The average Bonchev–Trinajstić information content (AvgIpc) is 3.38. The number of rotatable bonds is 2. The van der Waals surface area contributed by atoms with E-state index >= 15 is 0 Å². The molecule has 1 atom stereocenters. The van der Waals surface area contributed by atoms with Crippen molar-refractivity contribution in [1.29, 1.82) is 0 Å². The highest BCUT2D eigenvalue weighted by molar-refractivity contribution is 6.35. The number of halogens is 1.